The van der Waals surface area contributed by atoms with Crippen LogP contribution in [0.25, 0.3) is 10.9 Å². The van der Waals surface area contributed by atoms with Crippen molar-refractivity contribution in [1.82, 2.24) is 10.3 Å². The first-order valence-electron chi connectivity index (χ1n) is 11.2. The van der Waals surface area contributed by atoms with Crippen molar-refractivity contribution in [3.8, 4) is 5.75 Å². The molecule has 2 aromatic rings. The van der Waals surface area contributed by atoms with Crippen molar-refractivity contribution in [2.45, 2.75) is 64.0 Å². The molecular weight excluding hydrogens is 410 g/mol. The van der Waals surface area contributed by atoms with E-state index in [0.29, 0.717) is 11.6 Å². The topological polar surface area (TPSA) is 121 Å². The minimum absolute atomic E-state index is 0.00281. The number of carbonyl (C=O) groups is 1. The zero-order valence-corrected chi connectivity index (χ0v) is 18.5. The number of benzene rings is 1. The second kappa shape index (κ2) is 11.6. The summed E-state index contributed by atoms with van der Waals surface area (Å²) in [4.78, 5) is 32.9. The lowest BCUT2D eigenvalue weighted by Crippen LogP contribution is -2.41. The zero-order chi connectivity index (χ0) is 22.9. The molecule has 1 aromatic carbocycles. The molecule has 0 saturated heterocycles. The van der Waals surface area contributed by atoms with E-state index in [4.69, 9.17) is 24.8 Å². The van der Waals surface area contributed by atoms with E-state index in [9.17, 15) is 4.79 Å². The summed E-state index contributed by atoms with van der Waals surface area (Å²) < 4.78 is 11.8. The standard InChI is InChI=1S/C23H31N3O3.CO2/c1-15-12-19(24)23-20(25-15)6-3-7-21(23)29-18-10-8-17(9-11-18)26-22(27)14-28-13-16-4-2-5-16;2-1-3/h3,6-7,12,16-18H,2,4-5,8-11,13-14H2,1H3,(H2,24,25)(H,26,27);. The molecule has 0 unspecified atom stereocenters. The number of ether oxygens (including phenoxy) is 2. The van der Waals surface area contributed by atoms with Gasteiger partial charge >= 0.3 is 6.15 Å². The summed E-state index contributed by atoms with van der Waals surface area (Å²) in [7, 11) is 0. The van der Waals surface area contributed by atoms with Crippen LogP contribution in [0.1, 0.15) is 50.6 Å². The van der Waals surface area contributed by atoms with Crippen molar-refractivity contribution in [3.63, 3.8) is 0 Å². The first-order chi connectivity index (χ1) is 15.5. The Balaban J connectivity index is 0.000000913. The van der Waals surface area contributed by atoms with Crippen LogP contribution in [0.2, 0.25) is 0 Å². The Morgan fingerprint density at radius 1 is 1.19 bits per heavy atom. The summed E-state index contributed by atoms with van der Waals surface area (Å²) in [6.07, 6.45) is 7.80. The van der Waals surface area contributed by atoms with Crippen molar-refractivity contribution < 1.29 is 23.9 Å². The summed E-state index contributed by atoms with van der Waals surface area (Å²) >= 11 is 0. The Morgan fingerprint density at radius 3 is 2.56 bits per heavy atom. The molecule has 172 valence electrons. The van der Waals surface area contributed by atoms with E-state index in [1.54, 1.807) is 0 Å². The maximum atomic E-state index is 12.1. The fraction of sp³-hybridized carbons (Fsp3) is 0.542. The van der Waals surface area contributed by atoms with Crippen LogP contribution in [0, 0.1) is 12.8 Å². The molecule has 0 spiro atoms. The molecule has 0 atom stereocenters. The number of nitrogens with two attached hydrogens (primary N) is 1. The van der Waals surface area contributed by atoms with E-state index in [2.05, 4.69) is 10.3 Å². The highest BCUT2D eigenvalue weighted by molar-refractivity contribution is 5.95. The molecule has 1 heterocycles. The van der Waals surface area contributed by atoms with Crippen LogP contribution in [0.3, 0.4) is 0 Å². The van der Waals surface area contributed by atoms with Crippen molar-refractivity contribution in [1.29, 1.82) is 0 Å². The summed E-state index contributed by atoms with van der Waals surface area (Å²) in [6, 6.07) is 7.97. The van der Waals surface area contributed by atoms with Gasteiger partial charge < -0.3 is 20.5 Å². The van der Waals surface area contributed by atoms with Crippen LogP contribution in [0.5, 0.6) is 5.75 Å². The van der Waals surface area contributed by atoms with Gasteiger partial charge in [-0.3, -0.25) is 9.78 Å². The number of hydrogen-bond acceptors (Lipinski definition) is 7. The fourth-order valence-electron chi connectivity index (χ4n) is 4.27. The van der Waals surface area contributed by atoms with Crippen molar-refractivity contribution >= 4 is 28.6 Å². The lowest BCUT2D eigenvalue weighted by molar-refractivity contribution is -0.191. The zero-order valence-electron chi connectivity index (χ0n) is 18.5. The first-order valence-corrected chi connectivity index (χ1v) is 11.2. The van der Waals surface area contributed by atoms with E-state index in [0.717, 1.165) is 54.6 Å². The number of fused-ring (bicyclic) bond motifs is 1. The number of nitrogen functional groups attached to an aromatic ring is 1. The number of rotatable bonds is 7. The van der Waals surface area contributed by atoms with Gasteiger partial charge in [0, 0.05) is 17.4 Å². The van der Waals surface area contributed by atoms with Gasteiger partial charge in [0.05, 0.1) is 23.6 Å². The maximum Gasteiger partial charge on any atom is 0.373 e. The van der Waals surface area contributed by atoms with Crippen LogP contribution in [-0.2, 0) is 19.1 Å². The molecule has 8 nitrogen and oxygen atoms in total. The molecule has 2 saturated carbocycles. The summed E-state index contributed by atoms with van der Waals surface area (Å²) in [6.45, 7) is 2.84. The number of aryl methyl sites for hydroxylation is 1. The number of pyridine rings is 1. The van der Waals surface area contributed by atoms with Crippen LogP contribution >= 0.6 is 0 Å². The van der Waals surface area contributed by atoms with E-state index >= 15 is 0 Å². The van der Waals surface area contributed by atoms with Gasteiger partial charge in [-0.15, -0.1) is 0 Å². The van der Waals surface area contributed by atoms with E-state index in [1.807, 2.05) is 31.2 Å². The Morgan fingerprint density at radius 2 is 1.91 bits per heavy atom. The molecular formula is C24H31N3O5. The van der Waals surface area contributed by atoms with Gasteiger partial charge in [0.25, 0.3) is 0 Å². The Kier molecular flexibility index (Phi) is 8.59. The number of anilines is 1. The third kappa shape index (κ3) is 6.52. The molecule has 4 rings (SSSR count). The fourth-order valence-corrected chi connectivity index (χ4v) is 4.27. The number of aromatic nitrogens is 1. The third-order valence-corrected chi connectivity index (χ3v) is 6.10. The van der Waals surface area contributed by atoms with E-state index in [-0.39, 0.29) is 30.8 Å². The monoisotopic (exact) mass is 441 g/mol. The Bertz CT molecular complexity index is 946. The summed E-state index contributed by atoms with van der Waals surface area (Å²) in [5, 5.41) is 3.99. The predicted molar refractivity (Wildman–Crippen MR) is 119 cm³/mol. The van der Waals surface area contributed by atoms with E-state index in [1.165, 1.54) is 19.3 Å². The molecule has 32 heavy (non-hydrogen) atoms. The molecule has 2 aliphatic rings. The smallest absolute Gasteiger partial charge is 0.373 e. The lowest BCUT2D eigenvalue weighted by Gasteiger charge is -2.30. The summed E-state index contributed by atoms with van der Waals surface area (Å²) in [5.74, 6) is 1.46. The molecule has 2 fully saturated rings. The molecule has 0 bridgehead atoms. The van der Waals surface area contributed by atoms with Gasteiger partial charge in [-0.05, 0) is 69.6 Å². The molecule has 0 aliphatic heterocycles. The summed E-state index contributed by atoms with van der Waals surface area (Å²) in [5.41, 5.74) is 8.70. The van der Waals surface area contributed by atoms with Gasteiger partial charge in [0.1, 0.15) is 12.4 Å². The van der Waals surface area contributed by atoms with Gasteiger partial charge in [-0.1, -0.05) is 12.5 Å². The van der Waals surface area contributed by atoms with Crippen molar-refractivity contribution in [3.05, 3.63) is 30.0 Å². The number of nitrogens with zero attached hydrogens (tertiary/aromatic N) is 1. The normalized spacial score (nSPS) is 20.4. The van der Waals surface area contributed by atoms with Gasteiger partial charge in [0.2, 0.25) is 5.91 Å². The highest BCUT2D eigenvalue weighted by Gasteiger charge is 2.25. The van der Waals surface area contributed by atoms with Crippen LogP contribution in [-0.4, -0.2) is 42.4 Å². The largest absolute Gasteiger partial charge is 0.490 e. The molecule has 0 radical (unpaired) electrons. The van der Waals surface area contributed by atoms with Crippen molar-refractivity contribution in [2.75, 3.05) is 18.9 Å². The number of nitrogens with one attached hydrogen (secondary N) is 1. The molecule has 8 heteroatoms. The van der Waals surface area contributed by atoms with Gasteiger partial charge in [0.15, 0.2) is 0 Å². The van der Waals surface area contributed by atoms with Crippen LogP contribution in [0.15, 0.2) is 24.3 Å². The predicted octanol–water partition coefficient (Wildman–Crippen LogP) is 3.16. The Hall–Kier alpha value is -2.96. The van der Waals surface area contributed by atoms with Gasteiger partial charge in [-0.2, -0.15) is 9.59 Å². The third-order valence-electron chi connectivity index (χ3n) is 6.10. The lowest BCUT2D eigenvalue weighted by atomic mass is 9.86. The molecule has 2 aliphatic carbocycles. The number of amides is 1. The molecule has 1 aromatic heterocycles. The number of carbonyl (C=O) groups excluding carboxylic acids is 3. The average Bonchev–Trinajstić information content (AvgIpc) is 2.71. The molecule has 3 N–H and O–H groups in total. The first kappa shape index (κ1) is 23.7. The SMILES string of the molecule is Cc1cc(N)c2c(OC3CCC(NC(=O)COCC4CCC4)CC3)cccc2n1.O=C=O. The number of hydrogen-bond donors (Lipinski definition) is 2. The average molecular weight is 442 g/mol. The maximum absolute atomic E-state index is 12.1. The Labute approximate surface area is 187 Å². The minimum atomic E-state index is -0.00281. The highest BCUT2D eigenvalue weighted by atomic mass is 16.5. The highest BCUT2D eigenvalue weighted by Crippen LogP contribution is 2.33. The van der Waals surface area contributed by atoms with Crippen LogP contribution < -0.4 is 15.8 Å². The van der Waals surface area contributed by atoms with Gasteiger partial charge in [-0.25, -0.2) is 0 Å². The van der Waals surface area contributed by atoms with E-state index < -0.39 is 0 Å². The minimum Gasteiger partial charge on any atom is -0.490 e. The second-order valence-corrected chi connectivity index (χ2v) is 8.56. The van der Waals surface area contributed by atoms with Crippen LogP contribution in [0.4, 0.5) is 5.69 Å². The molecule has 1 amide bonds. The van der Waals surface area contributed by atoms with Crippen molar-refractivity contribution in [2.24, 2.45) is 5.92 Å². The quantitative estimate of drug-likeness (QED) is 0.677. The second-order valence-electron chi connectivity index (χ2n) is 8.56.